The molecule has 0 aliphatic carbocycles. The van der Waals surface area contributed by atoms with Gasteiger partial charge in [-0.25, -0.2) is 9.59 Å². The number of nitrogens with two attached hydrogens (primary N) is 1. The second kappa shape index (κ2) is 11.5. The van der Waals surface area contributed by atoms with Crippen LogP contribution in [0.5, 0.6) is 0 Å². The minimum absolute atomic E-state index is 0.0608. The number of aromatic nitrogens is 4. The minimum atomic E-state index is -0.828. The molecule has 2 aliphatic rings. The highest BCUT2D eigenvalue weighted by molar-refractivity contribution is 6.42. The number of benzene rings is 2. The number of primary amides is 1. The molecule has 2 N–H and O–H groups in total. The van der Waals surface area contributed by atoms with Crippen molar-refractivity contribution in [1.29, 1.82) is 0 Å². The van der Waals surface area contributed by atoms with Crippen LogP contribution in [0.2, 0.25) is 10.0 Å². The Morgan fingerprint density at radius 3 is 2.54 bits per heavy atom. The molecule has 10 nitrogen and oxygen atoms in total. The van der Waals surface area contributed by atoms with E-state index in [4.69, 9.17) is 38.9 Å². The second-order valence-corrected chi connectivity index (χ2v) is 11.6. The molecule has 2 aromatic heterocycles. The smallest absolute Gasteiger partial charge is 0.351 e. The van der Waals surface area contributed by atoms with Crippen LogP contribution in [0.1, 0.15) is 36.6 Å². The molecule has 1 saturated heterocycles. The molecule has 0 radical (unpaired) electrons. The van der Waals surface area contributed by atoms with Crippen LogP contribution in [0.15, 0.2) is 47.3 Å². The Morgan fingerprint density at radius 2 is 1.80 bits per heavy atom. The summed E-state index contributed by atoms with van der Waals surface area (Å²) >= 11 is 12.5. The van der Waals surface area contributed by atoms with Crippen molar-refractivity contribution in [2.24, 2.45) is 12.8 Å². The Labute approximate surface area is 247 Å². The fraction of sp³-hybridized carbons (Fsp3) is 0.414. The zero-order valence-corrected chi connectivity index (χ0v) is 24.4. The third-order valence-corrected chi connectivity index (χ3v) is 9.01. The van der Waals surface area contributed by atoms with E-state index in [1.54, 1.807) is 15.7 Å². The van der Waals surface area contributed by atoms with Crippen molar-refractivity contribution in [3.8, 4) is 11.3 Å². The molecule has 0 saturated carbocycles. The Balaban J connectivity index is 1.13. The number of imidazole rings is 1. The molecule has 0 unspecified atom stereocenters. The van der Waals surface area contributed by atoms with Crippen molar-refractivity contribution in [2.45, 2.75) is 44.8 Å². The van der Waals surface area contributed by atoms with Crippen molar-refractivity contribution in [1.82, 2.24) is 28.9 Å². The number of likely N-dealkylation sites (tertiary alicyclic amines) is 1. The maximum atomic E-state index is 13.0. The lowest BCUT2D eigenvalue weighted by Crippen LogP contribution is -2.38. The van der Waals surface area contributed by atoms with Crippen LogP contribution >= 0.6 is 23.2 Å². The first-order valence-corrected chi connectivity index (χ1v) is 14.7. The summed E-state index contributed by atoms with van der Waals surface area (Å²) in [5, 5.41) is 7.50. The summed E-state index contributed by atoms with van der Waals surface area (Å²) in [6, 6.07) is 13.7. The first kappa shape index (κ1) is 27.8. The van der Waals surface area contributed by atoms with E-state index < -0.39 is 6.09 Å². The number of para-hydroxylation sites is 2. The number of amides is 1. The molecule has 4 aromatic rings. The number of hydrogen-bond acceptors (Lipinski definition) is 6. The highest BCUT2D eigenvalue weighted by Gasteiger charge is 2.28. The Kier molecular flexibility index (Phi) is 7.82. The zero-order chi connectivity index (χ0) is 28.7. The number of rotatable bonds is 7. The lowest BCUT2D eigenvalue weighted by Gasteiger charge is -2.32. The number of halogens is 2. The number of fused-ring (bicyclic) bond motifs is 2. The number of piperidine rings is 1. The maximum absolute atomic E-state index is 13.0. The van der Waals surface area contributed by atoms with E-state index in [1.807, 2.05) is 48.0 Å². The number of hydrogen-bond donors (Lipinski definition) is 1. The summed E-state index contributed by atoms with van der Waals surface area (Å²) in [4.78, 5) is 32.0. The lowest BCUT2D eigenvalue weighted by atomic mass is 10.0. The molecule has 1 amide bonds. The van der Waals surface area contributed by atoms with Crippen molar-refractivity contribution in [3.63, 3.8) is 0 Å². The number of hydroxylamine groups is 2. The van der Waals surface area contributed by atoms with E-state index in [9.17, 15) is 9.59 Å². The fourth-order valence-corrected chi connectivity index (χ4v) is 6.55. The average Bonchev–Trinajstić information content (AvgIpc) is 3.44. The predicted molar refractivity (Wildman–Crippen MR) is 159 cm³/mol. The normalized spacial score (nSPS) is 16.8. The van der Waals surface area contributed by atoms with Crippen LogP contribution in [-0.4, -0.2) is 61.2 Å². The molecule has 41 heavy (non-hydrogen) atoms. The van der Waals surface area contributed by atoms with Gasteiger partial charge in [-0.05, 0) is 50.1 Å². The van der Waals surface area contributed by atoms with Gasteiger partial charge < -0.3 is 15.5 Å². The van der Waals surface area contributed by atoms with Crippen molar-refractivity contribution in [2.75, 3.05) is 26.2 Å². The summed E-state index contributed by atoms with van der Waals surface area (Å²) in [6.07, 6.45) is 2.69. The van der Waals surface area contributed by atoms with Gasteiger partial charge in [0.25, 0.3) is 0 Å². The van der Waals surface area contributed by atoms with Crippen molar-refractivity contribution >= 4 is 40.3 Å². The highest BCUT2D eigenvalue weighted by Crippen LogP contribution is 2.34. The van der Waals surface area contributed by atoms with Gasteiger partial charge in [0, 0.05) is 62.5 Å². The van der Waals surface area contributed by atoms with E-state index >= 15 is 0 Å². The lowest BCUT2D eigenvalue weighted by molar-refractivity contribution is -0.107. The molecule has 0 spiro atoms. The summed E-state index contributed by atoms with van der Waals surface area (Å²) in [7, 11) is 1.85. The molecular formula is C29H33Cl2N7O3. The zero-order valence-electron chi connectivity index (χ0n) is 22.9. The quantitative estimate of drug-likeness (QED) is 0.334. The Bertz CT molecular complexity index is 1650. The van der Waals surface area contributed by atoms with Gasteiger partial charge in [0.2, 0.25) is 0 Å². The highest BCUT2D eigenvalue weighted by atomic mass is 35.5. The van der Waals surface area contributed by atoms with Crippen molar-refractivity contribution < 1.29 is 9.63 Å². The first-order chi connectivity index (χ1) is 19.8. The second-order valence-electron chi connectivity index (χ2n) is 10.8. The first-order valence-electron chi connectivity index (χ1n) is 13.9. The van der Waals surface area contributed by atoms with Gasteiger partial charge in [-0.3, -0.25) is 13.8 Å². The maximum Gasteiger partial charge on any atom is 0.423 e. The third-order valence-electron chi connectivity index (χ3n) is 8.27. The van der Waals surface area contributed by atoms with E-state index in [1.165, 1.54) is 0 Å². The standard InChI is InChI=1S/C29H33Cl2N7O3/c1-34-25-5-2-3-6-26(25)38(29(34)40)20-9-14-35(15-10-20)12-4-13-37-24-11-16-36(41-28(32)39)18-21(24)27(33-37)19-7-8-22(30)23(31)17-19/h2-3,5-8,17,20H,4,9-16,18H2,1H3,(H2,32,39). The van der Waals surface area contributed by atoms with Crippen LogP contribution in [0.3, 0.4) is 0 Å². The predicted octanol–water partition coefficient (Wildman–Crippen LogP) is 4.61. The molecule has 4 heterocycles. The summed E-state index contributed by atoms with van der Waals surface area (Å²) in [6.45, 7) is 4.56. The Morgan fingerprint density at radius 1 is 1.05 bits per heavy atom. The summed E-state index contributed by atoms with van der Waals surface area (Å²) in [5.74, 6) is 0. The van der Waals surface area contributed by atoms with Crippen LogP contribution in [-0.2, 0) is 31.4 Å². The summed E-state index contributed by atoms with van der Waals surface area (Å²) < 4.78 is 5.81. The van der Waals surface area contributed by atoms with Gasteiger partial charge in [0.05, 0.1) is 33.3 Å². The minimum Gasteiger partial charge on any atom is -0.351 e. The molecular weight excluding hydrogens is 565 g/mol. The van der Waals surface area contributed by atoms with E-state index in [2.05, 4.69) is 9.58 Å². The van der Waals surface area contributed by atoms with Crippen LogP contribution < -0.4 is 11.4 Å². The number of carbonyl (C=O) groups excluding carboxylic acids is 1. The number of aryl methyl sites for hydroxylation is 2. The molecule has 0 bridgehead atoms. The van der Waals surface area contributed by atoms with Crippen LogP contribution in [0, 0.1) is 0 Å². The van der Waals surface area contributed by atoms with Crippen LogP contribution in [0.25, 0.3) is 22.3 Å². The molecule has 0 atom stereocenters. The molecule has 216 valence electrons. The molecule has 6 rings (SSSR count). The topological polar surface area (TPSA) is 104 Å². The van der Waals surface area contributed by atoms with Gasteiger partial charge in [-0.15, -0.1) is 5.06 Å². The van der Waals surface area contributed by atoms with Gasteiger partial charge in [-0.2, -0.15) is 5.10 Å². The average molecular weight is 599 g/mol. The van der Waals surface area contributed by atoms with E-state index in [-0.39, 0.29) is 11.7 Å². The van der Waals surface area contributed by atoms with Gasteiger partial charge >= 0.3 is 11.8 Å². The van der Waals surface area contributed by atoms with Gasteiger partial charge in [0.15, 0.2) is 0 Å². The molecule has 1 fully saturated rings. The summed E-state index contributed by atoms with van der Waals surface area (Å²) in [5.41, 5.74) is 11.1. The largest absolute Gasteiger partial charge is 0.423 e. The number of carbonyl (C=O) groups is 1. The number of nitrogens with zero attached hydrogens (tertiary/aromatic N) is 6. The third kappa shape index (κ3) is 5.49. The van der Waals surface area contributed by atoms with Gasteiger partial charge in [0.1, 0.15) is 0 Å². The molecule has 2 aliphatic heterocycles. The van der Waals surface area contributed by atoms with Crippen LogP contribution in [0.4, 0.5) is 4.79 Å². The van der Waals surface area contributed by atoms with E-state index in [0.717, 1.165) is 79.0 Å². The monoisotopic (exact) mass is 597 g/mol. The SMILES string of the molecule is Cn1c(=O)n(C2CCN(CCCn3nc(-c4ccc(Cl)c(Cl)c4)c4c3CCN(OC(N)=O)C4)CC2)c2ccccc21. The Hall–Kier alpha value is -3.31. The van der Waals surface area contributed by atoms with Crippen molar-refractivity contribution in [3.05, 3.63) is 74.3 Å². The van der Waals surface area contributed by atoms with E-state index in [0.29, 0.717) is 29.6 Å². The molecule has 2 aromatic carbocycles. The van der Waals surface area contributed by atoms with Gasteiger partial charge in [-0.1, -0.05) is 41.4 Å². The fourth-order valence-electron chi connectivity index (χ4n) is 6.25. The molecule has 12 heteroatoms.